The van der Waals surface area contributed by atoms with Crippen molar-refractivity contribution in [2.75, 3.05) is 5.32 Å². The zero-order valence-corrected chi connectivity index (χ0v) is 12.2. The Bertz CT molecular complexity index is 567. The van der Waals surface area contributed by atoms with Gasteiger partial charge in [0.2, 0.25) is 5.91 Å². The van der Waals surface area contributed by atoms with E-state index in [9.17, 15) is 19.5 Å². The van der Waals surface area contributed by atoms with Crippen molar-refractivity contribution in [1.29, 1.82) is 0 Å². The van der Waals surface area contributed by atoms with E-state index in [1.165, 1.54) is 25.1 Å². The predicted molar refractivity (Wildman–Crippen MR) is 77.2 cm³/mol. The first-order valence-corrected chi connectivity index (χ1v) is 6.53. The predicted octanol–water partition coefficient (Wildman–Crippen LogP) is 2.46. The van der Waals surface area contributed by atoms with Gasteiger partial charge >= 0.3 is 11.9 Å². The maximum absolute atomic E-state index is 12.0. The number of aliphatic carboxylic acids is 1. The molecule has 0 aliphatic carbocycles. The summed E-state index contributed by atoms with van der Waals surface area (Å²) in [6.45, 7) is 5.01. The quantitative estimate of drug-likeness (QED) is 0.747. The normalized spacial score (nSPS) is 13.5. The molecule has 0 fully saturated rings. The van der Waals surface area contributed by atoms with Crippen molar-refractivity contribution in [1.82, 2.24) is 0 Å². The molecule has 0 bridgehead atoms. The molecule has 1 amide bonds. The molecule has 1 aromatic carbocycles. The third-order valence-corrected chi connectivity index (χ3v) is 3.68. The number of carboxylic acids is 2. The molecule has 0 radical (unpaired) electrons. The van der Waals surface area contributed by atoms with Crippen LogP contribution in [0.25, 0.3) is 0 Å². The molecule has 3 N–H and O–H groups in total. The summed E-state index contributed by atoms with van der Waals surface area (Å²) in [7, 11) is 0. The van der Waals surface area contributed by atoms with Crippen LogP contribution in [0.15, 0.2) is 24.3 Å². The summed E-state index contributed by atoms with van der Waals surface area (Å²) in [5.74, 6) is -2.81. The van der Waals surface area contributed by atoms with Gasteiger partial charge in [-0.25, -0.2) is 4.79 Å². The molecular formula is C15H19NO5. The Kier molecular flexibility index (Phi) is 5.07. The number of nitrogens with one attached hydrogen (secondary N) is 1. The van der Waals surface area contributed by atoms with Crippen LogP contribution in [0.3, 0.4) is 0 Å². The first-order chi connectivity index (χ1) is 9.66. The third-order valence-electron chi connectivity index (χ3n) is 3.68. The van der Waals surface area contributed by atoms with E-state index >= 15 is 0 Å². The van der Waals surface area contributed by atoms with Gasteiger partial charge in [0.15, 0.2) is 0 Å². The Hall–Kier alpha value is -2.37. The maximum atomic E-state index is 12.0. The van der Waals surface area contributed by atoms with Gasteiger partial charge in [-0.15, -0.1) is 0 Å². The molecule has 0 aliphatic rings. The third kappa shape index (κ3) is 4.05. The summed E-state index contributed by atoms with van der Waals surface area (Å²) in [5.41, 5.74) is -0.789. The van der Waals surface area contributed by atoms with Crippen LogP contribution >= 0.6 is 0 Å². The highest BCUT2D eigenvalue weighted by Crippen LogP contribution is 2.31. The maximum Gasteiger partial charge on any atom is 0.335 e. The van der Waals surface area contributed by atoms with E-state index in [1.807, 2.05) is 0 Å². The monoisotopic (exact) mass is 293 g/mol. The zero-order valence-electron chi connectivity index (χ0n) is 12.2. The van der Waals surface area contributed by atoms with Gasteiger partial charge in [0.25, 0.3) is 0 Å². The number of rotatable bonds is 6. The van der Waals surface area contributed by atoms with E-state index in [0.29, 0.717) is 5.69 Å². The number of carbonyl (C=O) groups is 3. The Labute approximate surface area is 122 Å². The molecule has 114 valence electrons. The zero-order chi connectivity index (χ0) is 16.2. The Morgan fingerprint density at radius 3 is 2.33 bits per heavy atom. The van der Waals surface area contributed by atoms with E-state index in [4.69, 9.17) is 5.11 Å². The van der Waals surface area contributed by atoms with E-state index in [1.54, 1.807) is 19.9 Å². The summed E-state index contributed by atoms with van der Waals surface area (Å²) >= 11 is 0. The number of hydrogen-bond acceptors (Lipinski definition) is 3. The highest BCUT2D eigenvalue weighted by Gasteiger charge is 2.38. The molecule has 1 rings (SSSR count). The Balaban J connectivity index is 2.84. The lowest BCUT2D eigenvalue weighted by Gasteiger charge is -2.28. The van der Waals surface area contributed by atoms with E-state index in [0.717, 1.165) is 0 Å². The van der Waals surface area contributed by atoms with E-state index in [2.05, 4.69) is 5.32 Å². The van der Waals surface area contributed by atoms with Gasteiger partial charge in [-0.3, -0.25) is 9.59 Å². The Morgan fingerprint density at radius 2 is 1.86 bits per heavy atom. The summed E-state index contributed by atoms with van der Waals surface area (Å²) in [6, 6.07) is 5.80. The summed E-state index contributed by atoms with van der Waals surface area (Å²) in [6.07, 6.45) is -0.183. The molecule has 0 spiro atoms. The number of carboxylic acid groups (broad SMARTS) is 2. The van der Waals surface area contributed by atoms with Crippen LogP contribution in [0, 0.1) is 11.3 Å². The second-order valence-corrected chi connectivity index (χ2v) is 5.49. The summed E-state index contributed by atoms with van der Waals surface area (Å²) < 4.78 is 0. The highest BCUT2D eigenvalue weighted by atomic mass is 16.4. The fourth-order valence-corrected chi connectivity index (χ4v) is 1.80. The molecule has 6 heteroatoms. The molecule has 1 unspecified atom stereocenters. The minimum atomic E-state index is -1.17. The van der Waals surface area contributed by atoms with Gasteiger partial charge in [-0.1, -0.05) is 19.9 Å². The number of anilines is 1. The first kappa shape index (κ1) is 16.7. The smallest absolute Gasteiger partial charge is 0.335 e. The Morgan fingerprint density at radius 1 is 1.24 bits per heavy atom. The van der Waals surface area contributed by atoms with Gasteiger partial charge in [0, 0.05) is 12.1 Å². The topological polar surface area (TPSA) is 104 Å². The lowest BCUT2D eigenvalue weighted by molar-refractivity contribution is -0.153. The van der Waals surface area contributed by atoms with Gasteiger partial charge in [-0.2, -0.15) is 0 Å². The molecule has 6 nitrogen and oxygen atoms in total. The van der Waals surface area contributed by atoms with Crippen molar-refractivity contribution in [2.24, 2.45) is 11.3 Å². The number of benzene rings is 1. The van der Waals surface area contributed by atoms with Crippen LogP contribution in [-0.2, 0) is 9.59 Å². The van der Waals surface area contributed by atoms with E-state index in [-0.39, 0.29) is 17.9 Å². The highest BCUT2D eigenvalue weighted by molar-refractivity contribution is 5.96. The second-order valence-electron chi connectivity index (χ2n) is 5.49. The van der Waals surface area contributed by atoms with Crippen LogP contribution in [-0.4, -0.2) is 28.1 Å². The molecule has 0 heterocycles. The minimum absolute atomic E-state index is 0.0534. The van der Waals surface area contributed by atoms with Gasteiger partial charge in [-0.05, 0) is 31.0 Å². The van der Waals surface area contributed by atoms with Crippen molar-refractivity contribution in [3.8, 4) is 0 Å². The van der Waals surface area contributed by atoms with Gasteiger partial charge in [0.1, 0.15) is 0 Å². The standard InChI is InChI=1S/C15H19NO5/c1-9(2)15(3,14(20)21)8-12(17)16-11-6-4-5-10(7-11)13(18)19/h4-7,9H,8H2,1-3H3,(H,16,17)(H,18,19)(H,20,21). The van der Waals surface area contributed by atoms with Crippen LogP contribution < -0.4 is 5.32 Å². The molecular weight excluding hydrogens is 274 g/mol. The number of hydrogen-bond donors (Lipinski definition) is 3. The molecule has 0 aromatic heterocycles. The van der Waals surface area contributed by atoms with Crippen molar-refractivity contribution < 1.29 is 24.6 Å². The van der Waals surface area contributed by atoms with Crippen LogP contribution in [0.5, 0.6) is 0 Å². The number of carbonyl (C=O) groups excluding carboxylic acids is 1. The fourth-order valence-electron chi connectivity index (χ4n) is 1.80. The van der Waals surface area contributed by atoms with Crippen molar-refractivity contribution >= 4 is 23.5 Å². The lowest BCUT2D eigenvalue weighted by Crippen LogP contribution is -2.37. The number of amides is 1. The van der Waals surface area contributed by atoms with Crippen LogP contribution in [0.1, 0.15) is 37.6 Å². The molecule has 21 heavy (non-hydrogen) atoms. The largest absolute Gasteiger partial charge is 0.481 e. The fraction of sp³-hybridized carbons (Fsp3) is 0.400. The molecule has 1 atom stereocenters. The summed E-state index contributed by atoms with van der Waals surface area (Å²) in [5, 5.41) is 20.7. The number of aromatic carboxylic acids is 1. The molecule has 1 aromatic rings. The SMILES string of the molecule is CC(C)C(C)(CC(=O)Nc1cccc(C(=O)O)c1)C(=O)O. The van der Waals surface area contributed by atoms with Crippen molar-refractivity contribution in [3.05, 3.63) is 29.8 Å². The van der Waals surface area contributed by atoms with Crippen molar-refractivity contribution in [3.63, 3.8) is 0 Å². The van der Waals surface area contributed by atoms with Gasteiger partial charge < -0.3 is 15.5 Å². The molecule has 0 saturated heterocycles. The van der Waals surface area contributed by atoms with Crippen LogP contribution in [0.2, 0.25) is 0 Å². The average molecular weight is 293 g/mol. The van der Waals surface area contributed by atoms with E-state index < -0.39 is 23.3 Å². The lowest BCUT2D eigenvalue weighted by atomic mass is 9.76. The second kappa shape index (κ2) is 6.39. The minimum Gasteiger partial charge on any atom is -0.481 e. The summed E-state index contributed by atoms with van der Waals surface area (Å²) in [4.78, 5) is 34.2. The van der Waals surface area contributed by atoms with Gasteiger partial charge in [0.05, 0.1) is 11.0 Å². The average Bonchev–Trinajstić information content (AvgIpc) is 2.38. The van der Waals surface area contributed by atoms with Crippen molar-refractivity contribution in [2.45, 2.75) is 27.2 Å². The molecule has 0 aliphatic heterocycles. The molecule has 0 saturated carbocycles. The van der Waals surface area contributed by atoms with Crippen LogP contribution in [0.4, 0.5) is 5.69 Å². The first-order valence-electron chi connectivity index (χ1n) is 6.53.